The second-order valence-corrected chi connectivity index (χ2v) is 5.20. The molecular formula is C14H26N4O. The Hall–Kier alpha value is -1.36. The predicted molar refractivity (Wildman–Crippen MR) is 76.7 cm³/mol. The molecule has 0 spiro atoms. The van der Waals surface area contributed by atoms with Crippen molar-refractivity contribution in [3.63, 3.8) is 0 Å². The molecule has 0 saturated carbocycles. The van der Waals surface area contributed by atoms with Gasteiger partial charge in [0.25, 0.3) is 0 Å². The molecule has 1 aromatic heterocycles. The van der Waals surface area contributed by atoms with Crippen molar-refractivity contribution >= 4 is 5.91 Å². The zero-order valence-corrected chi connectivity index (χ0v) is 12.3. The van der Waals surface area contributed by atoms with Gasteiger partial charge in [0.1, 0.15) is 0 Å². The Bertz CT molecular complexity index is 373. The highest BCUT2D eigenvalue weighted by Crippen LogP contribution is 2.01. The summed E-state index contributed by atoms with van der Waals surface area (Å²) in [5.41, 5.74) is 1.13. The average molecular weight is 266 g/mol. The van der Waals surface area contributed by atoms with Crippen molar-refractivity contribution in [2.24, 2.45) is 5.92 Å². The summed E-state index contributed by atoms with van der Waals surface area (Å²) in [7, 11) is 0. The average Bonchev–Trinajstić information content (AvgIpc) is 2.82. The maximum atomic E-state index is 11.7. The Labute approximate surface area is 115 Å². The van der Waals surface area contributed by atoms with Gasteiger partial charge in [-0.25, -0.2) is 4.98 Å². The van der Waals surface area contributed by atoms with Crippen LogP contribution in [-0.4, -0.2) is 28.5 Å². The summed E-state index contributed by atoms with van der Waals surface area (Å²) < 4.78 is 2.04. The zero-order valence-electron chi connectivity index (χ0n) is 12.3. The maximum Gasteiger partial charge on any atom is 0.221 e. The maximum absolute atomic E-state index is 11.7. The van der Waals surface area contributed by atoms with Crippen molar-refractivity contribution in [2.45, 2.75) is 46.7 Å². The van der Waals surface area contributed by atoms with Gasteiger partial charge in [-0.2, -0.15) is 0 Å². The lowest BCUT2D eigenvalue weighted by Gasteiger charge is -2.10. The molecule has 0 aliphatic heterocycles. The number of carbonyl (C=O) groups excluding carboxylic acids is 1. The SMILES string of the molecule is CCCNCc1cncn1CCC(=O)NCC(C)C. The Balaban J connectivity index is 2.32. The minimum Gasteiger partial charge on any atom is -0.356 e. The van der Waals surface area contributed by atoms with Crippen molar-refractivity contribution in [1.29, 1.82) is 0 Å². The summed E-state index contributed by atoms with van der Waals surface area (Å²) in [4.78, 5) is 15.8. The minimum absolute atomic E-state index is 0.106. The molecule has 1 heterocycles. The molecule has 19 heavy (non-hydrogen) atoms. The third-order valence-corrected chi connectivity index (χ3v) is 2.82. The molecule has 0 radical (unpaired) electrons. The number of aryl methyl sites for hydroxylation is 1. The van der Waals surface area contributed by atoms with Gasteiger partial charge in [0, 0.05) is 32.3 Å². The normalized spacial score (nSPS) is 10.9. The van der Waals surface area contributed by atoms with E-state index in [9.17, 15) is 4.79 Å². The van der Waals surface area contributed by atoms with E-state index in [2.05, 4.69) is 36.4 Å². The number of carbonyl (C=O) groups is 1. The molecular weight excluding hydrogens is 240 g/mol. The van der Waals surface area contributed by atoms with Crippen molar-refractivity contribution in [3.8, 4) is 0 Å². The summed E-state index contributed by atoms with van der Waals surface area (Å²) in [6.07, 6.45) is 5.27. The summed E-state index contributed by atoms with van der Waals surface area (Å²) in [5.74, 6) is 0.598. The first-order valence-corrected chi connectivity index (χ1v) is 7.10. The van der Waals surface area contributed by atoms with E-state index in [-0.39, 0.29) is 5.91 Å². The van der Waals surface area contributed by atoms with Crippen molar-refractivity contribution in [3.05, 3.63) is 18.2 Å². The lowest BCUT2D eigenvalue weighted by molar-refractivity contribution is -0.121. The fourth-order valence-corrected chi connectivity index (χ4v) is 1.72. The monoisotopic (exact) mass is 266 g/mol. The Morgan fingerprint density at radius 3 is 2.95 bits per heavy atom. The molecule has 5 nitrogen and oxygen atoms in total. The van der Waals surface area contributed by atoms with Crippen LogP contribution in [0.2, 0.25) is 0 Å². The van der Waals surface area contributed by atoms with Crippen molar-refractivity contribution in [2.75, 3.05) is 13.1 Å². The third kappa shape index (κ3) is 6.38. The highest BCUT2D eigenvalue weighted by molar-refractivity contribution is 5.75. The molecule has 0 bridgehead atoms. The molecule has 0 saturated heterocycles. The molecule has 0 aliphatic rings. The lowest BCUT2D eigenvalue weighted by atomic mass is 10.2. The van der Waals surface area contributed by atoms with E-state index < -0.39 is 0 Å². The molecule has 1 amide bonds. The van der Waals surface area contributed by atoms with Gasteiger partial charge in [-0.3, -0.25) is 4.79 Å². The molecule has 0 fully saturated rings. The number of rotatable bonds is 9. The molecule has 1 rings (SSSR count). The first kappa shape index (κ1) is 15.7. The number of hydrogen-bond acceptors (Lipinski definition) is 3. The molecule has 0 atom stereocenters. The number of nitrogens with one attached hydrogen (secondary N) is 2. The van der Waals surface area contributed by atoms with E-state index in [1.54, 1.807) is 6.33 Å². The Morgan fingerprint density at radius 2 is 2.26 bits per heavy atom. The Morgan fingerprint density at radius 1 is 1.47 bits per heavy atom. The van der Waals surface area contributed by atoms with Gasteiger partial charge in [0.05, 0.1) is 12.0 Å². The quantitative estimate of drug-likeness (QED) is 0.667. The Kier molecular flexibility index (Phi) is 7.18. The molecule has 0 unspecified atom stereocenters. The van der Waals surface area contributed by atoms with Crippen LogP contribution in [0.5, 0.6) is 0 Å². The van der Waals surface area contributed by atoms with Gasteiger partial charge in [-0.05, 0) is 18.9 Å². The lowest BCUT2D eigenvalue weighted by Crippen LogP contribution is -2.28. The van der Waals surface area contributed by atoms with Gasteiger partial charge in [0.2, 0.25) is 5.91 Å². The van der Waals surface area contributed by atoms with Gasteiger partial charge < -0.3 is 15.2 Å². The number of aromatic nitrogens is 2. The zero-order chi connectivity index (χ0) is 14.1. The van der Waals surface area contributed by atoms with Gasteiger partial charge in [0.15, 0.2) is 0 Å². The summed E-state index contributed by atoms with van der Waals surface area (Å²) in [6, 6.07) is 0. The molecule has 1 aromatic rings. The summed E-state index contributed by atoms with van der Waals surface area (Å²) in [6.45, 7) is 9.56. The molecule has 0 aromatic carbocycles. The van der Waals surface area contributed by atoms with E-state index in [1.807, 2.05) is 10.8 Å². The first-order valence-electron chi connectivity index (χ1n) is 7.10. The van der Waals surface area contributed by atoms with Crippen LogP contribution in [0.4, 0.5) is 0 Å². The standard InChI is InChI=1S/C14H26N4O/c1-4-6-15-9-13-10-16-11-18(13)7-5-14(19)17-8-12(2)3/h10-12,15H,4-9H2,1-3H3,(H,17,19). The van der Waals surface area contributed by atoms with Gasteiger partial charge in [-0.1, -0.05) is 20.8 Å². The van der Waals surface area contributed by atoms with Crippen LogP contribution >= 0.6 is 0 Å². The number of imidazole rings is 1. The fraction of sp³-hybridized carbons (Fsp3) is 0.714. The fourth-order valence-electron chi connectivity index (χ4n) is 1.72. The van der Waals surface area contributed by atoms with E-state index in [0.29, 0.717) is 18.9 Å². The predicted octanol–water partition coefficient (Wildman–Crippen LogP) is 1.54. The second-order valence-electron chi connectivity index (χ2n) is 5.20. The van der Waals surface area contributed by atoms with Crippen LogP contribution in [0.1, 0.15) is 39.3 Å². The number of hydrogen-bond donors (Lipinski definition) is 2. The first-order chi connectivity index (χ1) is 9.13. The molecule has 108 valence electrons. The van der Waals surface area contributed by atoms with Crippen molar-refractivity contribution < 1.29 is 4.79 Å². The smallest absolute Gasteiger partial charge is 0.221 e. The highest BCUT2D eigenvalue weighted by Gasteiger charge is 2.05. The van der Waals surface area contributed by atoms with Crippen LogP contribution in [0.3, 0.4) is 0 Å². The summed E-state index contributed by atoms with van der Waals surface area (Å²) >= 11 is 0. The van der Waals surface area contributed by atoms with Crippen LogP contribution in [0.15, 0.2) is 12.5 Å². The van der Waals surface area contributed by atoms with Gasteiger partial charge in [-0.15, -0.1) is 0 Å². The van der Waals surface area contributed by atoms with Crippen LogP contribution < -0.4 is 10.6 Å². The topological polar surface area (TPSA) is 59.0 Å². The third-order valence-electron chi connectivity index (χ3n) is 2.82. The minimum atomic E-state index is 0.106. The van der Waals surface area contributed by atoms with Crippen LogP contribution in [0, 0.1) is 5.92 Å². The van der Waals surface area contributed by atoms with Gasteiger partial charge >= 0.3 is 0 Å². The molecule has 5 heteroatoms. The van der Waals surface area contributed by atoms with E-state index in [0.717, 1.165) is 31.7 Å². The van der Waals surface area contributed by atoms with Crippen molar-refractivity contribution in [1.82, 2.24) is 20.2 Å². The van der Waals surface area contributed by atoms with E-state index in [1.165, 1.54) is 0 Å². The number of nitrogens with zero attached hydrogens (tertiary/aromatic N) is 2. The number of amides is 1. The second kappa shape index (κ2) is 8.69. The van der Waals surface area contributed by atoms with Crippen LogP contribution in [0.25, 0.3) is 0 Å². The van der Waals surface area contributed by atoms with E-state index in [4.69, 9.17) is 0 Å². The summed E-state index contributed by atoms with van der Waals surface area (Å²) in [5, 5.41) is 6.27. The highest BCUT2D eigenvalue weighted by atomic mass is 16.1. The van der Waals surface area contributed by atoms with Crippen LogP contribution in [-0.2, 0) is 17.9 Å². The molecule has 2 N–H and O–H groups in total. The molecule has 0 aliphatic carbocycles. The van der Waals surface area contributed by atoms with E-state index >= 15 is 0 Å². The largest absolute Gasteiger partial charge is 0.356 e.